The SMILES string of the molecule is CC.CC.CC.CC.CC.CC.C[N+](C)(C)CCOC(=O)c1ccccc1.C[N+](C)(C)CCOC(=O)c1ccccc1.C[N+](C)(C)CCOC(=O)c1ccccc1.Cc1c(C)c(C)c(C(=O)OCC[N+](C)(C)C)c(C)c1C. The quantitative estimate of drug-likeness (QED) is 0.0621. The summed E-state index contributed by atoms with van der Waals surface area (Å²) in [5.41, 5.74) is 8.30. The van der Waals surface area contributed by atoms with Crippen LogP contribution in [-0.2, 0) is 18.9 Å². The number of carbonyl (C=O) groups excluding carboxylic acids is 4. The molecule has 0 N–H and O–H groups in total. The molecule has 0 aliphatic rings. The third-order valence-corrected chi connectivity index (χ3v) is 10.2. The van der Waals surface area contributed by atoms with Crippen molar-refractivity contribution >= 4 is 23.9 Å². The maximum Gasteiger partial charge on any atom is 0.338 e. The highest BCUT2D eigenvalue weighted by atomic mass is 16.5. The van der Waals surface area contributed by atoms with Crippen molar-refractivity contribution < 1.29 is 56.1 Å². The van der Waals surface area contributed by atoms with Crippen LogP contribution in [0.3, 0.4) is 0 Å². The first kappa shape index (κ1) is 82.9. The van der Waals surface area contributed by atoms with Crippen LogP contribution in [0.4, 0.5) is 0 Å². The maximum atomic E-state index is 12.4. The average molecular weight is 1080 g/mol. The molecule has 4 rings (SSSR count). The molecule has 0 unspecified atom stereocenters. The van der Waals surface area contributed by atoms with Gasteiger partial charge in [0.05, 0.1) is 107 Å². The Morgan fingerprint density at radius 3 is 0.636 bits per heavy atom. The van der Waals surface area contributed by atoms with E-state index in [2.05, 4.69) is 105 Å². The van der Waals surface area contributed by atoms with Gasteiger partial charge in [-0.3, -0.25) is 0 Å². The van der Waals surface area contributed by atoms with Crippen LogP contribution in [0.25, 0.3) is 0 Å². The molecule has 0 fully saturated rings. The fourth-order valence-corrected chi connectivity index (χ4v) is 5.50. The van der Waals surface area contributed by atoms with Gasteiger partial charge in [-0.15, -0.1) is 0 Å². The number of benzene rings is 4. The van der Waals surface area contributed by atoms with Crippen LogP contribution < -0.4 is 0 Å². The van der Waals surface area contributed by atoms with Gasteiger partial charge >= 0.3 is 23.9 Å². The molecule has 77 heavy (non-hydrogen) atoms. The first-order valence-corrected chi connectivity index (χ1v) is 28.2. The molecule has 0 saturated carbocycles. The van der Waals surface area contributed by atoms with E-state index in [1.165, 1.54) is 16.7 Å². The molecule has 442 valence electrons. The Labute approximate surface area is 474 Å². The van der Waals surface area contributed by atoms with Crippen molar-refractivity contribution in [3.63, 3.8) is 0 Å². The standard InChI is InChI=1S/C17H28NO2.3C12H18NO2.6C2H6/c1-11-12(2)14(4)16(15(5)13(11)3)17(19)20-10-9-18(6,7)8;3*1-13(2,3)9-10-15-12(14)11-7-5-4-6-8-11;6*1-2/h9-10H2,1-8H3;3*4-8H,9-10H2,1-3H3;6*1-2H3/q4*+1;;;;;;. The molecule has 0 bridgehead atoms. The van der Waals surface area contributed by atoms with E-state index in [1.54, 1.807) is 36.4 Å². The average Bonchev–Trinajstić information content (AvgIpc) is 3.41. The van der Waals surface area contributed by atoms with Crippen LogP contribution in [0.5, 0.6) is 0 Å². The molecule has 4 aromatic rings. The van der Waals surface area contributed by atoms with Gasteiger partial charge in [0.2, 0.25) is 0 Å². The van der Waals surface area contributed by atoms with Gasteiger partial charge in [-0.1, -0.05) is 138 Å². The Morgan fingerprint density at radius 1 is 0.286 bits per heavy atom. The highest BCUT2D eigenvalue weighted by molar-refractivity contribution is 5.94. The minimum atomic E-state index is -0.246. The van der Waals surface area contributed by atoms with Crippen LogP contribution in [0, 0.1) is 34.6 Å². The fourth-order valence-electron chi connectivity index (χ4n) is 5.50. The van der Waals surface area contributed by atoms with E-state index in [0.29, 0.717) is 43.1 Å². The lowest BCUT2D eigenvalue weighted by atomic mass is 9.90. The van der Waals surface area contributed by atoms with Gasteiger partial charge in [0.25, 0.3) is 0 Å². The first-order valence-electron chi connectivity index (χ1n) is 28.2. The lowest BCUT2D eigenvalue weighted by molar-refractivity contribution is -0.870. The molecule has 0 spiro atoms. The molecule has 0 saturated heterocycles. The highest BCUT2D eigenvalue weighted by Crippen LogP contribution is 2.26. The van der Waals surface area contributed by atoms with Crippen molar-refractivity contribution in [2.75, 3.05) is 137 Å². The number of quaternary nitrogens is 4. The van der Waals surface area contributed by atoms with E-state index in [-0.39, 0.29) is 23.9 Å². The van der Waals surface area contributed by atoms with Crippen LogP contribution in [0.1, 0.15) is 152 Å². The molecule has 0 amide bonds. The summed E-state index contributed by atoms with van der Waals surface area (Å²) in [4.78, 5) is 46.9. The van der Waals surface area contributed by atoms with E-state index in [9.17, 15) is 19.2 Å². The minimum absolute atomic E-state index is 0.195. The molecular weight excluding hydrogens is 965 g/mol. The van der Waals surface area contributed by atoms with Crippen molar-refractivity contribution in [1.82, 2.24) is 0 Å². The highest BCUT2D eigenvalue weighted by Gasteiger charge is 2.20. The van der Waals surface area contributed by atoms with E-state index in [4.69, 9.17) is 18.9 Å². The Balaban J connectivity index is -0.000000205. The van der Waals surface area contributed by atoms with Crippen LogP contribution >= 0.6 is 0 Å². The summed E-state index contributed by atoms with van der Waals surface area (Å²) in [5.74, 6) is -0.934. The van der Waals surface area contributed by atoms with Gasteiger partial charge < -0.3 is 36.9 Å². The van der Waals surface area contributed by atoms with E-state index >= 15 is 0 Å². The zero-order chi connectivity index (χ0) is 61.6. The summed E-state index contributed by atoms with van der Waals surface area (Å²) in [7, 11) is 24.9. The number of hydrogen-bond donors (Lipinski definition) is 0. The van der Waals surface area contributed by atoms with Gasteiger partial charge in [-0.05, 0) is 98.8 Å². The molecule has 4 aromatic carbocycles. The van der Waals surface area contributed by atoms with Crippen molar-refractivity contribution in [3.8, 4) is 0 Å². The van der Waals surface area contributed by atoms with Gasteiger partial charge in [0.1, 0.15) is 52.6 Å². The topological polar surface area (TPSA) is 105 Å². The summed E-state index contributed by atoms with van der Waals surface area (Å²) < 4.78 is 24.1. The summed E-state index contributed by atoms with van der Waals surface area (Å²) in [6.07, 6.45) is 0. The smallest absolute Gasteiger partial charge is 0.338 e. The number of ether oxygens (including phenoxy) is 4. The Bertz CT molecular complexity index is 1870. The summed E-state index contributed by atoms with van der Waals surface area (Å²) in [5, 5.41) is 0. The number of nitrogens with zero attached hydrogens (tertiary/aromatic N) is 4. The normalized spacial score (nSPS) is 9.99. The third-order valence-electron chi connectivity index (χ3n) is 10.2. The first-order chi connectivity index (χ1) is 36.0. The maximum absolute atomic E-state index is 12.4. The summed E-state index contributed by atoms with van der Waals surface area (Å²) >= 11 is 0. The van der Waals surface area contributed by atoms with Crippen molar-refractivity contribution in [3.05, 3.63) is 141 Å². The second-order valence-electron chi connectivity index (χ2n) is 20.2. The lowest BCUT2D eigenvalue weighted by Crippen LogP contribution is -2.38. The number of esters is 4. The molecule has 0 heterocycles. The van der Waals surface area contributed by atoms with Gasteiger partial charge in [0, 0.05) is 0 Å². The molecule has 0 aliphatic heterocycles. The van der Waals surface area contributed by atoms with Crippen molar-refractivity contribution in [2.45, 2.75) is 118 Å². The van der Waals surface area contributed by atoms with Gasteiger partial charge in [-0.2, -0.15) is 0 Å². The van der Waals surface area contributed by atoms with E-state index in [1.807, 2.05) is 152 Å². The zero-order valence-electron chi connectivity index (χ0n) is 54.9. The molecule has 0 radical (unpaired) electrons. The van der Waals surface area contributed by atoms with Crippen molar-refractivity contribution in [1.29, 1.82) is 0 Å². The Morgan fingerprint density at radius 2 is 0.455 bits per heavy atom. The second kappa shape index (κ2) is 47.8. The monoisotopic (exact) mass is 1080 g/mol. The molecular formula is C65H118N4O8+4. The Hall–Kier alpha value is -5.40. The zero-order valence-corrected chi connectivity index (χ0v) is 54.9. The lowest BCUT2D eigenvalue weighted by Gasteiger charge is -2.24. The number of carbonyl (C=O) groups is 4. The van der Waals surface area contributed by atoms with Gasteiger partial charge in [-0.25, -0.2) is 19.2 Å². The predicted molar refractivity (Wildman–Crippen MR) is 330 cm³/mol. The molecule has 12 heteroatoms. The van der Waals surface area contributed by atoms with E-state index in [0.717, 1.165) is 60.8 Å². The fraction of sp³-hybridized carbons (Fsp3) is 0.569. The number of likely N-dealkylation sites (N-methyl/N-ethyl adjacent to an activating group) is 4. The van der Waals surface area contributed by atoms with Crippen LogP contribution in [-0.4, -0.2) is 179 Å². The summed E-state index contributed by atoms with van der Waals surface area (Å²) in [6.45, 7) is 39.3. The summed E-state index contributed by atoms with van der Waals surface area (Å²) in [6, 6.07) is 27.2. The predicted octanol–water partition coefficient (Wildman–Crippen LogP) is 13.9. The number of hydrogen-bond acceptors (Lipinski definition) is 8. The third kappa shape index (κ3) is 44.3. The van der Waals surface area contributed by atoms with Crippen LogP contribution in [0.15, 0.2) is 91.0 Å². The van der Waals surface area contributed by atoms with Gasteiger partial charge in [0.15, 0.2) is 0 Å². The molecule has 0 aliphatic carbocycles. The molecule has 0 atom stereocenters. The molecule has 12 nitrogen and oxygen atoms in total. The van der Waals surface area contributed by atoms with Crippen LogP contribution in [0.2, 0.25) is 0 Å². The number of rotatable bonds is 16. The van der Waals surface area contributed by atoms with E-state index < -0.39 is 0 Å². The second-order valence-corrected chi connectivity index (χ2v) is 20.2. The minimum Gasteiger partial charge on any atom is -0.456 e. The largest absolute Gasteiger partial charge is 0.456 e. The van der Waals surface area contributed by atoms with Crippen molar-refractivity contribution in [2.24, 2.45) is 0 Å². The Kier molecular flexibility index (Phi) is 51.5. The molecule has 0 aromatic heterocycles.